The highest BCUT2D eigenvalue weighted by molar-refractivity contribution is 6.31. The quantitative estimate of drug-likeness (QED) is 0.602. The van der Waals surface area contributed by atoms with Gasteiger partial charge in [0.15, 0.2) is 6.10 Å². The van der Waals surface area contributed by atoms with E-state index >= 15 is 0 Å². The highest BCUT2D eigenvalue weighted by Gasteiger charge is 2.20. The summed E-state index contributed by atoms with van der Waals surface area (Å²) in [5.41, 5.74) is 1.21. The Kier molecular flexibility index (Phi) is 5.86. The van der Waals surface area contributed by atoms with Crippen LogP contribution in [-0.2, 0) is 4.79 Å². The molecule has 0 bridgehead atoms. The van der Waals surface area contributed by atoms with E-state index in [0.29, 0.717) is 29.1 Å². The molecule has 1 heterocycles. The van der Waals surface area contributed by atoms with E-state index in [2.05, 4.69) is 9.97 Å². The van der Waals surface area contributed by atoms with Crippen molar-refractivity contribution in [3.05, 3.63) is 59.8 Å². The van der Waals surface area contributed by atoms with Crippen LogP contribution in [0.3, 0.4) is 0 Å². The predicted molar refractivity (Wildman–Crippen MR) is 97.8 cm³/mol. The topological polar surface area (TPSA) is 81.5 Å². The van der Waals surface area contributed by atoms with E-state index in [0.717, 1.165) is 5.75 Å². The molecule has 0 spiro atoms. The van der Waals surface area contributed by atoms with Gasteiger partial charge in [-0.05, 0) is 43.2 Å². The van der Waals surface area contributed by atoms with Gasteiger partial charge in [-0.2, -0.15) is 0 Å². The molecule has 0 aliphatic rings. The Morgan fingerprint density at radius 2 is 1.96 bits per heavy atom. The summed E-state index contributed by atoms with van der Waals surface area (Å²) < 4.78 is 11.1. The number of hydrogen-bond acceptors (Lipinski definition) is 5. The van der Waals surface area contributed by atoms with E-state index in [1.54, 1.807) is 18.2 Å². The van der Waals surface area contributed by atoms with Crippen molar-refractivity contribution in [3.63, 3.8) is 0 Å². The molecule has 2 aromatic carbocycles. The summed E-state index contributed by atoms with van der Waals surface area (Å²) in [5, 5.41) is 9.90. The van der Waals surface area contributed by atoms with E-state index < -0.39 is 12.1 Å². The maximum Gasteiger partial charge on any atom is 0.344 e. The molecule has 7 heteroatoms. The Balaban J connectivity index is 1.58. The number of nitrogens with zero attached hydrogens (tertiary/aromatic N) is 2. The third kappa shape index (κ3) is 4.83. The normalized spacial score (nSPS) is 11.9. The van der Waals surface area contributed by atoms with Gasteiger partial charge >= 0.3 is 5.97 Å². The van der Waals surface area contributed by atoms with Gasteiger partial charge in [-0.15, -0.1) is 0 Å². The zero-order valence-electron chi connectivity index (χ0n) is 13.8. The summed E-state index contributed by atoms with van der Waals surface area (Å²) in [7, 11) is 0. The van der Waals surface area contributed by atoms with Crippen molar-refractivity contribution in [2.45, 2.75) is 18.9 Å². The molecule has 3 aromatic rings. The number of halogens is 1. The highest BCUT2D eigenvalue weighted by atomic mass is 35.5. The maximum atomic E-state index is 11.5. The minimum Gasteiger partial charge on any atom is -0.494 e. The molecule has 0 aliphatic carbocycles. The summed E-state index contributed by atoms with van der Waals surface area (Å²) in [6, 6.07) is 14.5. The molecule has 0 saturated heterocycles. The Morgan fingerprint density at radius 3 is 2.73 bits per heavy atom. The smallest absolute Gasteiger partial charge is 0.344 e. The van der Waals surface area contributed by atoms with Crippen molar-refractivity contribution in [1.29, 1.82) is 0 Å². The minimum atomic E-state index is -1.06. The third-order valence-electron chi connectivity index (χ3n) is 3.64. The number of carbonyl (C=O) groups is 1. The van der Waals surface area contributed by atoms with Crippen LogP contribution in [0.25, 0.3) is 11.0 Å². The maximum absolute atomic E-state index is 11.5. The summed E-state index contributed by atoms with van der Waals surface area (Å²) in [6.45, 7) is 0.399. The van der Waals surface area contributed by atoms with Gasteiger partial charge in [0.05, 0.1) is 23.8 Å². The van der Waals surface area contributed by atoms with Gasteiger partial charge < -0.3 is 14.6 Å². The first-order valence-electron chi connectivity index (χ1n) is 8.11. The fraction of sp³-hybridized carbons (Fsp3) is 0.211. The first-order chi connectivity index (χ1) is 12.6. The second kappa shape index (κ2) is 8.49. The predicted octanol–water partition coefficient (Wildman–Crippen LogP) is 3.97. The molecule has 0 amide bonds. The van der Waals surface area contributed by atoms with Crippen LogP contribution >= 0.6 is 11.6 Å². The van der Waals surface area contributed by atoms with Gasteiger partial charge in [0.25, 0.3) is 0 Å². The summed E-state index contributed by atoms with van der Waals surface area (Å²) >= 11 is 5.95. The number of carboxylic acids is 1. The van der Waals surface area contributed by atoms with Gasteiger partial charge in [-0.25, -0.2) is 14.8 Å². The lowest BCUT2D eigenvalue weighted by atomic mass is 10.2. The summed E-state index contributed by atoms with van der Waals surface area (Å²) in [6.07, 6.45) is 1.20. The number of aliphatic carboxylic acids is 1. The van der Waals surface area contributed by atoms with Crippen LogP contribution < -0.4 is 9.47 Å². The fourth-order valence-corrected chi connectivity index (χ4v) is 2.54. The molecule has 0 aliphatic heterocycles. The lowest BCUT2D eigenvalue weighted by molar-refractivity contribution is -0.145. The van der Waals surface area contributed by atoms with E-state index in [9.17, 15) is 9.90 Å². The molecule has 1 aromatic heterocycles. The second-order valence-electron chi connectivity index (χ2n) is 5.59. The van der Waals surface area contributed by atoms with Crippen molar-refractivity contribution in [1.82, 2.24) is 9.97 Å². The zero-order valence-corrected chi connectivity index (χ0v) is 14.6. The fourth-order valence-electron chi connectivity index (χ4n) is 2.38. The Morgan fingerprint density at radius 1 is 1.15 bits per heavy atom. The van der Waals surface area contributed by atoms with Gasteiger partial charge in [0, 0.05) is 5.02 Å². The average Bonchev–Trinajstić information content (AvgIpc) is 2.64. The van der Waals surface area contributed by atoms with E-state index in [1.165, 1.54) is 6.20 Å². The molecule has 6 nitrogen and oxygen atoms in total. The summed E-state index contributed by atoms with van der Waals surface area (Å²) in [4.78, 5) is 19.9. The van der Waals surface area contributed by atoms with Crippen LogP contribution in [0.4, 0.5) is 0 Å². The molecule has 3 rings (SSSR count). The molecule has 1 N–H and O–H groups in total. The Bertz CT molecular complexity index is 889. The lowest BCUT2D eigenvalue weighted by Crippen LogP contribution is -2.28. The van der Waals surface area contributed by atoms with Gasteiger partial charge in [0.2, 0.25) is 5.88 Å². The first kappa shape index (κ1) is 17.9. The van der Waals surface area contributed by atoms with Crippen LogP contribution in [-0.4, -0.2) is 33.8 Å². The van der Waals surface area contributed by atoms with Crippen LogP contribution in [0.2, 0.25) is 5.02 Å². The monoisotopic (exact) mass is 372 g/mol. The second-order valence-corrected chi connectivity index (χ2v) is 6.03. The SMILES string of the molecule is O=C(O)C(CCCOc1ccccc1)Oc1cnc2ccc(Cl)cc2n1. The first-order valence-corrected chi connectivity index (χ1v) is 8.49. The minimum absolute atomic E-state index is 0.149. The number of ether oxygens (including phenoxy) is 2. The number of benzene rings is 2. The van der Waals surface area contributed by atoms with Gasteiger partial charge in [0.1, 0.15) is 5.75 Å². The number of fused-ring (bicyclic) bond motifs is 1. The molecule has 0 radical (unpaired) electrons. The number of hydrogen-bond donors (Lipinski definition) is 1. The Labute approximate surface area is 155 Å². The molecular weight excluding hydrogens is 356 g/mol. The molecule has 1 atom stereocenters. The standard InChI is InChI=1S/C19H17ClN2O4/c20-13-8-9-15-16(11-13)22-18(12-21-15)26-17(19(23)24)7-4-10-25-14-5-2-1-3-6-14/h1-3,5-6,8-9,11-12,17H,4,7,10H2,(H,23,24). The van der Waals surface area contributed by atoms with E-state index in [4.69, 9.17) is 21.1 Å². The molecule has 0 fully saturated rings. The third-order valence-corrected chi connectivity index (χ3v) is 3.88. The van der Waals surface area contributed by atoms with Crippen molar-refractivity contribution < 1.29 is 19.4 Å². The number of rotatable bonds is 8. The van der Waals surface area contributed by atoms with E-state index in [1.807, 2.05) is 30.3 Å². The van der Waals surface area contributed by atoms with Crippen molar-refractivity contribution in [2.75, 3.05) is 6.61 Å². The van der Waals surface area contributed by atoms with Crippen LogP contribution in [0, 0.1) is 0 Å². The molecule has 1 unspecified atom stereocenters. The highest BCUT2D eigenvalue weighted by Crippen LogP contribution is 2.19. The Hall–Kier alpha value is -2.86. The lowest BCUT2D eigenvalue weighted by Gasteiger charge is -2.14. The number of carboxylic acid groups (broad SMARTS) is 1. The zero-order chi connectivity index (χ0) is 18.4. The summed E-state index contributed by atoms with van der Waals surface area (Å²) in [5.74, 6) is -0.161. The van der Waals surface area contributed by atoms with Crippen LogP contribution in [0.15, 0.2) is 54.7 Å². The van der Waals surface area contributed by atoms with Crippen molar-refractivity contribution in [2.24, 2.45) is 0 Å². The van der Waals surface area contributed by atoms with Crippen LogP contribution in [0.5, 0.6) is 11.6 Å². The van der Waals surface area contributed by atoms with Crippen LogP contribution in [0.1, 0.15) is 12.8 Å². The van der Waals surface area contributed by atoms with Crippen molar-refractivity contribution in [3.8, 4) is 11.6 Å². The van der Waals surface area contributed by atoms with Crippen molar-refractivity contribution >= 4 is 28.6 Å². The molecule has 0 saturated carbocycles. The molecular formula is C19H17ClN2O4. The van der Waals surface area contributed by atoms with Gasteiger partial charge in [-0.3, -0.25) is 0 Å². The van der Waals surface area contributed by atoms with E-state index in [-0.39, 0.29) is 12.3 Å². The molecule has 26 heavy (non-hydrogen) atoms. The average molecular weight is 373 g/mol. The number of para-hydroxylation sites is 1. The van der Waals surface area contributed by atoms with Gasteiger partial charge in [-0.1, -0.05) is 29.8 Å². The molecule has 134 valence electrons. The number of aromatic nitrogens is 2. The largest absolute Gasteiger partial charge is 0.494 e.